The fourth-order valence-corrected chi connectivity index (χ4v) is 8.72. The minimum atomic E-state index is 0.967. The van der Waals surface area contributed by atoms with Crippen LogP contribution in [0.2, 0.25) is 0 Å². The second kappa shape index (κ2) is 12.5. The predicted molar refractivity (Wildman–Crippen MR) is 228 cm³/mol. The predicted octanol–water partition coefficient (Wildman–Crippen LogP) is 13.5. The number of aromatic nitrogens is 3. The van der Waals surface area contributed by atoms with Crippen LogP contribution in [0, 0.1) is 27.7 Å². The van der Waals surface area contributed by atoms with Crippen LogP contribution in [0.3, 0.4) is 0 Å². The molecule has 10 aromatic rings. The number of rotatable bonds is 5. The van der Waals surface area contributed by atoms with Crippen molar-refractivity contribution in [3.05, 3.63) is 186 Å². The van der Waals surface area contributed by atoms with E-state index in [1.165, 1.54) is 93.9 Å². The van der Waals surface area contributed by atoms with Gasteiger partial charge in [0.2, 0.25) is 0 Å². The van der Waals surface area contributed by atoms with Gasteiger partial charge < -0.3 is 9.13 Å². The highest BCUT2D eigenvalue weighted by atomic mass is 15.0. The molecule has 10 rings (SSSR count). The lowest BCUT2D eigenvalue weighted by atomic mass is 9.91. The van der Waals surface area contributed by atoms with E-state index in [0.29, 0.717) is 0 Å². The van der Waals surface area contributed by atoms with Crippen LogP contribution < -0.4 is 0 Å². The summed E-state index contributed by atoms with van der Waals surface area (Å²) in [6, 6.07) is 57.4. The van der Waals surface area contributed by atoms with Crippen molar-refractivity contribution in [1.29, 1.82) is 0 Å². The van der Waals surface area contributed by atoms with Gasteiger partial charge in [-0.3, -0.25) is 4.98 Å². The van der Waals surface area contributed by atoms with E-state index in [2.05, 4.69) is 195 Å². The third-order valence-corrected chi connectivity index (χ3v) is 11.5. The summed E-state index contributed by atoms with van der Waals surface area (Å²) in [7, 11) is 0. The zero-order valence-electron chi connectivity index (χ0n) is 30.9. The Morgan fingerprint density at radius 3 is 1.26 bits per heavy atom. The number of hydrogen-bond donors (Lipinski definition) is 0. The van der Waals surface area contributed by atoms with Crippen molar-refractivity contribution in [3.63, 3.8) is 0 Å². The first-order valence-corrected chi connectivity index (χ1v) is 18.7. The molecule has 0 unspecified atom stereocenters. The standard InChI is InChI=1S/C51H39N3/c1-32-27-28-36(29-43(32)37-19-13-25-46(34(37)3)53-48-21-9-5-15-39(48)40-16-6-10-22-49(40)53)45-30-44(33(2)31-52-45)38-20-14-26-47(35(38)4)54-50-23-11-7-17-41(50)42-18-8-12-24-51(42)54/h5-31H,1-4H3. The van der Waals surface area contributed by atoms with Gasteiger partial charge in [-0.2, -0.15) is 0 Å². The summed E-state index contributed by atoms with van der Waals surface area (Å²) < 4.78 is 4.84. The normalized spacial score (nSPS) is 11.7. The number of para-hydroxylation sites is 4. The van der Waals surface area contributed by atoms with Crippen LogP contribution in [-0.4, -0.2) is 14.1 Å². The molecule has 0 saturated heterocycles. The summed E-state index contributed by atoms with van der Waals surface area (Å²) >= 11 is 0. The van der Waals surface area contributed by atoms with E-state index < -0.39 is 0 Å². The Bertz CT molecular complexity index is 2780. The van der Waals surface area contributed by atoms with Gasteiger partial charge in [0.1, 0.15) is 0 Å². The summed E-state index contributed by atoms with van der Waals surface area (Å²) in [5.74, 6) is 0. The first-order valence-electron chi connectivity index (χ1n) is 18.7. The molecule has 0 atom stereocenters. The molecule has 54 heavy (non-hydrogen) atoms. The van der Waals surface area contributed by atoms with Crippen molar-refractivity contribution in [1.82, 2.24) is 14.1 Å². The largest absolute Gasteiger partial charge is 0.309 e. The number of aryl methyl sites for hydroxylation is 2. The van der Waals surface area contributed by atoms with E-state index in [4.69, 9.17) is 4.98 Å². The van der Waals surface area contributed by atoms with Crippen molar-refractivity contribution >= 4 is 43.6 Å². The van der Waals surface area contributed by atoms with E-state index >= 15 is 0 Å². The summed E-state index contributed by atoms with van der Waals surface area (Å²) in [5.41, 5.74) is 19.1. The zero-order chi connectivity index (χ0) is 36.5. The highest BCUT2D eigenvalue weighted by Gasteiger charge is 2.19. The van der Waals surface area contributed by atoms with E-state index in [0.717, 1.165) is 16.8 Å². The second-order valence-electron chi connectivity index (χ2n) is 14.6. The Hall–Kier alpha value is -6.71. The molecule has 258 valence electrons. The molecule has 0 fully saturated rings. The molecule has 7 aromatic carbocycles. The van der Waals surface area contributed by atoms with Crippen molar-refractivity contribution in [2.75, 3.05) is 0 Å². The minimum Gasteiger partial charge on any atom is -0.309 e. The Morgan fingerprint density at radius 2 is 0.796 bits per heavy atom. The molecular weight excluding hydrogens is 655 g/mol. The van der Waals surface area contributed by atoms with Crippen LogP contribution in [-0.2, 0) is 0 Å². The number of pyridine rings is 1. The molecule has 3 aromatic heterocycles. The smallest absolute Gasteiger partial charge is 0.0708 e. The summed E-state index contributed by atoms with van der Waals surface area (Å²) in [5, 5.41) is 5.08. The first kappa shape index (κ1) is 32.0. The lowest BCUT2D eigenvalue weighted by molar-refractivity contribution is 1.15. The molecule has 0 radical (unpaired) electrons. The molecule has 0 aliphatic heterocycles. The van der Waals surface area contributed by atoms with Gasteiger partial charge in [-0.1, -0.05) is 109 Å². The van der Waals surface area contributed by atoms with Gasteiger partial charge in [0.15, 0.2) is 0 Å². The van der Waals surface area contributed by atoms with Crippen LogP contribution in [0.4, 0.5) is 0 Å². The number of fused-ring (bicyclic) bond motifs is 6. The van der Waals surface area contributed by atoms with Gasteiger partial charge in [-0.05, 0) is 121 Å². The van der Waals surface area contributed by atoms with Crippen LogP contribution in [0.25, 0.3) is 88.5 Å². The molecule has 0 amide bonds. The number of nitrogens with zero attached hydrogens (tertiary/aromatic N) is 3. The van der Waals surface area contributed by atoms with Gasteiger partial charge in [0.25, 0.3) is 0 Å². The zero-order valence-corrected chi connectivity index (χ0v) is 30.9. The highest BCUT2D eigenvalue weighted by molar-refractivity contribution is 6.10. The van der Waals surface area contributed by atoms with Crippen molar-refractivity contribution in [2.24, 2.45) is 0 Å². The number of hydrogen-bond acceptors (Lipinski definition) is 1. The van der Waals surface area contributed by atoms with Crippen molar-refractivity contribution in [3.8, 4) is 44.9 Å². The maximum atomic E-state index is 5.02. The molecule has 0 N–H and O–H groups in total. The van der Waals surface area contributed by atoms with Crippen molar-refractivity contribution in [2.45, 2.75) is 27.7 Å². The average molecular weight is 694 g/mol. The van der Waals surface area contributed by atoms with Crippen LogP contribution >= 0.6 is 0 Å². The van der Waals surface area contributed by atoms with E-state index in [1.807, 2.05) is 6.20 Å². The lowest BCUT2D eigenvalue weighted by Gasteiger charge is -2.18. The lowest BCUT2D eigenvalue weighted by Crippen LogP contribution is -2.00. The quantitative estimate of drug-likeness (QED) is 0.176. The second-order valence-corrected chi connectivity index (χ2v) is 14.6. The molecule has 0 spiro atoms. The third-order valence-electron chi connectivity index (χ3n) is 11.5. The fourth-order valence-electron chi connectivity index (χ4n) is 8.72. The van der Waals surface area contributed by atoms with Crippen LogP contribution in [0.15, 0.2) is 164 Å². The maximum Gasteiger partial charge on any atom is 0.0708 e. The summed E-state index contributed by atoms with van der Waals surface area (Å²) in [4.78, 5) is 5.02. The molecule has 3 heterocycles. The van der Waals surface area contributed by atoms with Gasteiger partial charge in [0, 0.05) is 44.7 Å². The van der Waals surface area contributed by atoms with Gasteiger partial charge in [0.05, 0.1) is 27.8 Å². The average Bonchev–Trinajstić information content (AvgIpc) is 3.72. The molecule has 0 bridgehead atoms. The van der Waals surface area contributed by atoms with E-state index in [1.54, 1.807) is 0 Å². The molecular formula is C51H39N3. The van der Waals surface area contributed by atoms with Gasteiger partial charge >= 0.3 is 0 Å². The molecule has 3 nitrogen and oxygen atoms in total. The molecule has 0 saturated carbocycles. The molecule has 3 heteroatoms. The topological polar surface area (TPSA) is 22.8 Å². The van der Waals surface area contributed by atoms with Crippen LogP contribution in [0.1, 0.15) is 22.3 Å². The Balaban J connectivity index is 1.09. The number of benzene rings is 7. The van der Waals surface area contributed by atoms with Gasteiger partial charge in [-0.25, -0.2) is 0 Å². The Kier molecular flexibility index (Phi) is 7.38. The SMILES string of the molecule is Cc1ccc(-c2cc(-c3cccc(-n4c5ccccc5c5ccccc54)c3C)c(C)cn2)cc1-c1cccc(-n2c3ccccc3c3ccccc32)c1C. The first-order chi connectivity index (χ1) is 26.5. The van der Waals surface area contributed by atoms with Gasteiger partial charge in [-0.15, -0.1) is 0 Å². The highest BCUT2D eigenvalue weighted by Crippen LogP contribution is 2.40. The molecule has 0 aliphatic rings. The van der Waals surface area contributed by atoms with Crippen molar-refractivity contribution < 1.29 is 0 Å². The summed E-state index contributed by atoms with van der Waals surface area (Å²) in [6.07, 6.45) is 2.03. The van der Waals surface area contributed by atoms with Crippen LogP contribution in [0.5, 0.6) is 0 Å². The monoisotopic (exact) mass is 693 g/mol. The maximum absolute atomic E-state index is 5.02. The van der Waals surface area contributed by atoms with E-state index in [9.17, 15) is 0 Å². The Labute approximate surface area is 315 Å². The summed E-state index contributed by atoms with van der Waals surface area (Å²) in [6.45, 7) is 8.89. The molecule has 0 aliphatic carbocycles. The Morgan fingerprint density at radius 1 is 0.370 bits per heavy atom. The fraction of sp³-hybridized carbons (Fsp3) is 0.0784. The minimum absolute atomic E-state index is 0.967. The van der Waals surface area contributed by atoms with E-state index in [-0.39, 0.29) is 0 Å². The third kappa shape index (κ3) is 4.85.